The van der Waals surface area contributed by atoms with Gasteiger partial charge in [-0.25, -0.2) is 9.59 Å². The summed E-state index contributed by atoms with van der Waals surface area (Å²) in [6, 6.07) is 38.5. The summed E-state index contributed by atoms with van der Waals surface area (Å²) in [6.07, 6.45) is 2.12. The molecule has 53 heavy (non-hydrogen) atoms. The van der Waals surface area contributed by atoms with Crippen molar-refractivity contribution in [2.45, 2.75) is 25.7 Å². The maximum absolute atomic E-state index is 11.9. The van der Waals surface area contributed by atoms with Crippen LogP contribution < -0.4 is 0 Å². The van der Waals surface area contributed by atoms with Gasteiger partial charge in [0.05, 0.1) is 22.7 Å². The molecule has 0 spiro atoms. The third-order valence-corrected chi connectivity index (χ3v) is 9.43. The Morgan fingerprint density at radius 1 is 0.491 bits per heavy atom. The van der Waals surface area contributed by atoms with Crippen LogP contribution in [0.15, 0.2) is 148 Å². The summed E-state index contributed by atoms with van der Waals surface area (Å²) in [6.45, 7) is 0. The summed E-state index contributed by atoms with van der Waals surface area (Å²) in [5, 5.41) is 57.9. The molecule has 0 aliphatic rings. The summed E-state index contributed by atoms with van der Waals surface area (Å²) in [7, 11) is 0. The first-order valence-electron chi connectivity index (χ1n) is 16.6. The second-order valence-corrected chi connectivity index (χ2v) is 13.4. The molecule has 0 aromatic heterocycles. The van der Waals surface area contributed by atoms with E-state index in [-0.39, 0.29) is 22.6 Å². The van der Waals surface area contributed by atoms with Crippen molar-refractivity contribution in [3.05, 3.63) is 164 Å². The van der Waals surface area contributed by atoms with E-state index < -0.39 is 11.9 Å². The molecule has 0 saturated heterocycles. The van der Waals surface area contributed by atoms with E-state index in [4.69, 9.17) is 0 Å². The normalized spacial score (nSPS) is 11.3. The van der Waals surface area contributed by atoms with Crippen LogP contribution in [0.4, 0.5) is 22.7 Å². The van der Waals surface area contributed by atoms with Crippen LogP contribution >= 0.6 is 22.6 Å². The number of phenols is 2. The molecule has 0 heterocycles. The van der Waals surface area contributed by atoms with Crippen LogP contribution in [0.1, 0.15) is 43.0 Å². The van der Waals surface area contributed by atoms with E-state index in [0.717, 1.165) is 25.8 Å². The van der Waals surface area contributed by atoms with Crippen LogP contribution in [0, 0.1) is 3.57 Å². The van der Waals surface area contributed by atoms with Gasteiger partial charge in [-0.05, 0) is 130 Å². The highest BCUT2D eigenvalue weighted by atomic mass is 127. The van der Waals surface area contributed by atoms with E-state index in [2.05, 4.69) is 43.0 Å². The smallest absolute Gasteiger partial charge is 0.339 e. The zero-order chi connectivity index (χ0) is 37.3. The molecule has 4 N–H and O–H groups in total. The highest BCUT2D eigenvalue weighted by molar-refractivity contribution is 14.1. The maximum Gasteiger partial charge on any atom is 0.339 e. The van der Waals surface area contributed by atoms with Gasteiger partial charge in [0.1, 0.15) is 22.6 Å². The Bertz CT molecular complexity index is 2330. The molecular weight excluding hydrogens is 783 g/mol. The van der Waals surface area contributed by atoms with Crippen molar-refractivity contribution < 1.29 is 30.0 Å². The molecule has 6 aromatic carbocycles. The molecule has 11 heteroatoms. The van der Waals surface area contributed by atoms with Crippen molar-refractivity contribution in [3.63, 3.8) is 0 Å². The lowest BCUT2D eigenvalue weighted by molar-refractivity contribution is 0.0682. The summed E-state index contributed by atoms with van der Waals surface area (Å²) >= 11 is 2.17. The number of aromatic carboxylic acids is 2. The summed E-state index contributed by atoms with van der Waals surface area (Å²) in [5.41, 5.74) is 6.27. The fourth-order valence-corrected chi connectivity index (χ4v) is 6.36. The topological polar surface area (TPSA) is 164 Å². The number of azo groups is 2. The average molecular weight is 817 g/mol. The number of aryl methyl sites for hydroxylation is 4. The molecule has 0 bridgehead atoms. The van der Waals surface area contributed by atoms with E-state index in [1.54, 1.807) is 24.3 Å². The summed E-state index contributed by atoms with van der Waals surface area (Å²) in [4.78, 5) is 23.7. The van der Waals surface area contributed by atoms with Crippen molar-refractivity contribution in [2.75, 3.05) is 0 Å². The third-order valence-electron chi connectivity index (χ3n) is 8.56. The van der Waals surface area contributed by atoms with Gasteiger partial charge in [0, 0.05) is 3.57 Å². The molecule has 6 rings (SSSR count). The van der Waals surface area contributed by atoms with Crippen molar-refractivity contribution in [1.29, 1.82) is 0 Å². The number of nitrogens with zero attached hydrogens (tertiary/aromatic N) is 4. The highest BCUT2D eigenvalue weighted by Gasteiger charge is 2.17. The van der Waals surface area contributed by atoms with Crippen molar-refractivity contribution >= 4 is 57.3 Å². The average Bonchev–Trinajstić information content (AvgIpc) is 3.17. The van der Waals surface area contributed by atoms with Crippen molar-refractivity contribution in [3.8, 4) is 22.6 Å². The molecule has 0 aliphatic carbocycles. The van der Waals surface area contributed by atoms with Crippen LogP contribution in [-0.2, 0) is 25.7 Å². The zero-order valence-electron chi connectivity index (χ0n) is 28.2. The Morgan fingerprint density at radius 3 is 1.42 bits per heavy atom. The van der Waals surface area contributed by atoms with E-state index >= 15 is 0 Å². The quantitative estimate of drug-likeness (QED) is 0.0669. The van der Waals surface area contributed by atoms with Crippen LogP contribution in [0.3, 0.4) is 0 Å². The van der Waals surface area contributed by atoms with Crippen LogP contribution in [0.25, 0.3) is 11.1 Å². The lowest BCUT2D eigenvalue weighted by atomic mass is 10.0. The predicted octanol–water partition coefficient (Wildman–Crippen LogP) is 11.2. The van der Waals surface area contributed by atoms with Gasteiger partial charge in [-0.3, -0.25) is 0 Å². The lowest BCUT2D eigenvalue weighted by Crippen LogP contribution is -2.00. The lowest BCUT2D eigenvalue weighted by Gasteiger charge is -2.09. The van der Waals surface area contributed by atoms with E-state index in [1.165, 1.54) is 12.1 Å². The number of hydrogen-bond donors (Lipinski definition) is 4. The van der Waals surface area contributed by atoms with E-state index in [1.807, 2.05) is 91.0 Å². The molecular formula is C42H33IN4O6. The molecule has 0 amide bonds. The number of aromatic hydroxyl groups is 2. The Labute approximate surface area is 319 Å². The fourth-order valence-electron chi connectivity index (χ4n) is 5.74. The fraction of sp³-hybridized carbons (Fsp3) is 0.0952. The van der Waals surface area contributed by atoms with Crippen LogP contribution in [-0.4, -0.2) is 32.4 Å². The minimum Gasteiger partial charge on any atom is -0.507 e. The number of carboxylic acid groups (broad SMARTS) is 2. The first-order chi connectivity index (χ1) is 25.6. The van der Waals surface area contributed by atoms with E-state index in [0.29, 0.717) is 59.6 Å². The molecule has 264 valence electrons. The zero-order valence-corrected chi connectivity index (χ0v) is 30.4. The Kier molecular flexibility index (Phi) is 11.6. The second kappa shape index (κ2) is 16.9. The predicted molar refractivity (Wildman–Crippen MR) is 211 cm³/mol. The van der Waals surface area contributed by atoms with Gasteiger partial charge in [0.25, 0.3) is 0 Å². The number of carbonyl (C=O) groups is 2. The SMILES string of the molecule is O=C(O)c1cc(N=Nc2ccc(-c3ccc(N=Nc4cc(CCc5ccccc5)c(O)c(C(=O)O)c4)c(I)c3)cc2)cc(CCc2ccccc2)c1O. The minimum atomic E-state index is -1.25. The molecule has 6 aromatic rings. The number of hydrogen-bond acceptors (Lipinski definition) is 8. The largest absolute Gasteiger partial charge is 0.507 e. The van der Waals surface area contributed by atoms with Gasteiger partial charge in [-0.2, -0.15) is 15.3 Å². The summed E-state index contributed by atoms with van der Waals surface area (Å²) < 4.78 is 0.818. The van der Waals surface area contributed by atoms with Gasteiger partial charge < -0.3 is 20.4 Å². The standard InChI is InChI=1S/C42H33IN4O6/c43-37-23-29(17-20-38(37)47-46-34-22-31(40(49)36(25-34)42(52)53)14-12-27-9-5-2-6-10-27)28-15-18-32(19-16-28)44-45-33-21-30(39(48)35(24-33)41(50)51)13-11-26-7-3-1-4-8-26/h1-10,15-25,48-49H,11-14H2,(H,50,51)(H,52,53). The monoisotopic (exact) mass is 816 g/mol. The highest BCUT2D eigenvalue weighted by Crippen LogP contribution is 2.35. The van der Waals surface area contributed by atoms with Gasteiger partial charge in [0.15, 0.2) is 0 Å². The first-order valence-corrected chi connectivity index (χ1v) is 17.7. The maximum atomic E-state index is 11.9. The molecule has 0 unspecified atom stereocenters. The Morgan fingerprint density at radius 2 is 0.943 bits per heavy atom. The van der Waals surface area contributed by atoms with Crippen molar-refractivity contribution in [2.24, 2.45) is 20.5 Å². The molecule has 0 saturated carbocycles. The number of rotatable bonds is 13. The summed E-state index contributed by atoms with van der Waals surface area (Å²) in [5.74, 6) is -3.03. The van der Waals surface area contributed by atoms with Crippen molar-refractivity contribution in [1.82, 2.24) is 0 Å². The molecule has 0 fully saturated rings. The van der Waals surface area contributed by atoms with Gasteiger partial charge in [0.2, 0.25) is 0 Å². The first kappa shape index (κ1) is 36.6. The number of halogens is 1. The molecule has 0 radical (unpaired) electrons. The van der Waals surface area contributed by atoms with E-state index in [9.17, 15) is 30.0 Å². The third kappa shape index (κ3) is 9.37. The molecule has 0 atom stereocenters. The number of carboxylic acids is 2. The van der Waals surface area contributed by atoms with Crippen LogP contribution in [0.5, 0.6) is 11.5 Å². The number of benzene rings is 6. The Hall–Kier alpha value is -6.21. The second-order valence-electron chi connectivity index (χ2n) is 12.2. The van der Waals surface area contributed by atoms with Gasteiger partial charge in [-0.1, -0.05) is 78.9 Å². The minimum absolute atomic E-state index is 0.228. The van der Waals surface area contributed by atoms with Gasteiger partial charge in [-0.15, -0.1) is 5.11 Å². The molecule has 0 aliphatic heterocycles. The van der Waals surface area contributed by atoms with Crippen LogP contribution in [0.2, 0.25) is 0 Å². The Balaban J connectivity index is 1.15. The van der Waals surface area contributed by atoms with Gasteiger partial charge >= 0.3 is 11.9 Å². The molecule has 10 nitrogen and oxygen atoms in total.